The van der Waals surface area contributed by atoms with Crippen LogP contribution in [-0.2, 0) is 17.8 Å². The van der Waals surface area contributed by atoms with Gasteiger partial charge in [-0.1, -0.05) is 31.2 Å². The van der Waals surface area contributed by atoms with E-state index in [-0.39, 0.29) is 24.3 Å². The van der Waals surface area contributed by atoms with Crippen molar-refractivity contribution in [2.24, 2.45) is 5.92 Å². The molecule has 43 heavy (non-hydrogen) atoms. The third kappa shape index (κ3) is 8.78. The minimum absolute atomic E-state index is 0.0277. The highest BCUT2D eigenvalue weighted by atomic mass is 16.6. The Morgan fingerprint density at radius 1 is 0.884 bits per heavy atom. The molecule has 0 bridgehead atoms. The van der Waals surface area contributed by atoms with Gasteiger partial charge in [0.05, 0.1) is 18.3 Å². The highest BCUT2D eigenvalue weighted by molar-refractivity contribution is 6.04. The predicted molar refractivity (Wildman–Crippen MR) is 161 cm³/mol. The van der Waals surface area contributed by atoms with E-state index in [9.17, 15) is 14.4 Å². The number of carbonyl (C=O) groups is 3. The van der Waals surface area contributed by atoms with E-state index in [0.717, 1.165) is 25.6 Å². The van der Waals surface area contributed by atoms with Crippen molar-refractivity contribution in [3.63, 3.8) is 0 Å². The summed E-state index contributed by atoms with van der Waals surface area (Å²) in [6.07, 6.45) is 4.65. The van der Waals surface area contributed by atoms with Gasteiger partial charge in [0.25, 0.3) is 5.91 Å². The van der Waals surface area contributed by atoms with Gasteiger partial charge >= 0.3 is 12.1 Å². The first kappa shape index (κ1) is 30.0. The van der Waals surface area contributed by atoms with E-state index >= 15 is 0 Å². The van der Waals surface area contributed by atoms with Crippen LogP contribution in [0.2, 0.25) is 0 Å². The van der Waals surface area contributed by atoms with Crippen molar-refractivity contribution in [1.29, 1.82) is 0 Å². The fourth-order valence-electron chi connectivity index (χ4n) is 5.32. The number of aromatic nitrogens is 1. The number of carbonyl (C=O) groups excluding carboxylic acids is 2. The molecule has 2 fully saturated rings. The van der Waals surface area contributed by atoms with Crippen LogP contribution in [0.15, 0.2) is 66.9 Å². The second-order valence-corrected chi connectivity index (χ2v) is 11.4. The highest BCUT2D eigenvalue weighted by Crippen LogP contribution is 2.22. The van der Waals surface area contributed by atoms with E-state index in [4.69, 9.17) is 14.6 Å². The van der Waals surface area contributed by atoms with Crippen molar-refractivity contribution in [1.82, 2.24) is 14.8 Å². The first-order valence-electron chi connectivity index (χ1n) is 14.8. The average molecular weight is 587 g/mol. The van der Waals surface area contributed by atoms with Gasteiger partial charge < -0.3 is 24.8 Å². The van der Waals surface area contributed by atoms with E-state index in [0.29, 0.717) is 48.5 Å². The molecule has 2 saturated heterocycles. The summed E-state index contributed by atoms with van der Waals surface area (Å²) in [5.74, 6) is 0.519. The highest BCUT2D eigenvalue weighted by Gasteiger charge is 2.25. The zero-order valence-electron chi connectivity index (χ0n) is 24.4. The third-order valence-electron chi connectivity index (χ3n) is 7.97. The van der Waals surface area contributed by atoms with Crippen molar-refractivity contribution < 1.29 is 29.0 Å². The number of piperidine rings is 2. The van der Waals surface area contributed by atoms with Gasteiger partial charge in [-0.15, -0.1) is 0 Å². The standard InChI is InChI=1S/C33H38N4O6/c1-23-12-16-36(17-13-23)22-25-2-6-26(7-3-25)32(40)35-27-8-11-30(34-21-27)43-33(41)37-18-14-29(15-19-37)42-28-9-4-24(5-10-28)20-31(38)39/h2-11,21,23,29H,12-20,22H2,1H3,(H,35,40)(H,38,39). The lowest BCUT2D eigenvalue weighted by molar-refractivity contribution is -0.136. The van der Waals surface area contributed by atoms with Crippen LogP contribution in [0, 0.1) is 5.92 Å². The monoisotopic (exact) mass is 586 g/mol. The number of benzene rings is 2. The molecule has 0 aliphatic carbocycles. The minimum atomic E-state index is -0.875. The molecule has 3 heterocycles. The molecule has 226 valence electrons. The van der Waals surface area contributed by atoms with Crippen LogP contribution >= 0.6 is 0 Å². The van der Waals surface area contributed by atoms with Crippen LogP contribution in [-0.4, -0.2) is 70.1 Å². The third-order valence-corrected chi connectivity index (χ3v) is 7.97. The molecule has 0 atom stereocenters. The Morgan fingerprint density at radius 2 is 1.56 bits per heavy atom. The molecular formula is C33H38N4O6. The number of aliphatic carboxylic acids is 1. The second kappa shape index (κ2) is 14.2. The zero-order valence-corrected chi connectivity index (χ0v) is 24.4. The average Bonchev–Trinajstić information content (AvgIpc) is 3.01. The number of anilines is 1. The Hall–Kier alpha value is -4.44. The van der Waals surface area contributed by atoms with Crippen molar-refractivity contribution in [3.05, 3.63) is 83.6 Å². The molecule has 2 aromatic carbocycles. The van der Waals surface area contributed by atoms with Crippen LogP contribution in [0.4, 0.5) is 10.5 Å². The number of carboxylic acids is 1. The fraction of sp³-hybridized carbons (Fsp3) is 0.394. The number of nitrogens with one attached hydrogen (secondary N) is 1. The van der Waals surface area contributed by atoms with Crippen molar-refractivity contribution in [2.75, 3.05) is 31.5 Å². The summed E-state index contributed by atoms with van der Waals surface area (Å²) in [6, 6.07) is 17.9. The molecule has 0 saturated carbocycles. The van der Waals surface area contributed by atoms with E-state index < -0.39 is 12.1 Å². The zero-order chi connectivity index (χ0) is 30.2. The number of likely N-dealkylation sites (tertiary alicyclic amines) is 2. The number of carboxylic acid groups (broad SMARTS) is 1. The molecule has 1 aromatic heterocycles. The maximum absolute atomic E-state index is 12.7. The van der Waals surface area contributed by atoms with E-state index in [1.54, 1.807) is 41.3 Å². The quantitative estimate of drug-likeness (QED) is 0.350. The Kier molecular flexibility index (Phi) is 9.88. The lowest BCUT2D eigenvalue weighted by Crippen LogP contribution is -2.43. The lowest BCUT2D eigenvalue weighted by atomic mass is 9.99. The first-order valence-corrected chi connectivity index (χ1v) is 14.8. The Balaban J connectivity index is 1.04. The second-order valence-electron chi connectivity index (χ2n) is 11.4. The maximum Gasteiger partial charge on any atom is 0.416 e. The predicted octanol–water partition coefficient (Wildman–Crippen LogP) is 5.24. The van der Waals surface area contributed by atoms with Crippen molar-refractivity contribution >= 4 is 23.7 Å². The van der Waals surface area contributed by atoms with Gasteiger partial charge in [0, 0.05) is 44.1 Å². The Bertz CT molecular complexity index is 1380. The van der Waals surface area contributed by atoms with Gasteiger partial charge in [-0.3, -0.25) is 14.5 Å². The normalized spacial score (nSPS) is 16.4. The molecule has 10 nitrogen and oxygen atoms in total. The van der Waals surface area contributed by atoms with Crippen LogP contribution < -0.4 is 14.8 Å². The number of amides is 2. The number of hydrogen-bond donors (Lipinski definition) is 2. The van der Waals surface area contributed by atoms with Gasteiger partial charge in [0.15, 0.2) is 0 Å². The van der Waals surface area contributed by atoms with Crippen molar-refractivity contribution in [2.45, 2.75) is 51.7 Å². The van der Waals surface area contributed by atoms with Gasteiger partial charge in [-0.25, -0.2) is 9.78 Å². The summed E-state index contributed by atoms with van der Waals surface area (Å²) in [5.41, 5.74) is 2.98. The molecular weight excluding hydrogens is 548 g/mol. The molecule has 2 N–H and O–H groups in total. The molecule has 3 aromatic rings. The van der Waals surface area contributed by atoms with Gasteiger partial charge in [-0.05, 0) is 73.3 Å². The summed E-state index contributed by atoms with van der Waals surface area (Å²) in [4.78, 5) is 44.5. The van der Waals surface area contributed by atoms with Crippen LogP contribution in [0.25, 0.3) is 0 Å². The fourth-order valence-corrected chi connectivity index (χ4v) is 5.32. The topological polar surface area (TPSA) is 121 Å². The van der Waals surface area contributed by atoms with E-state index in [1.165, 1.54) is 24.6 Å². The van der Waals surface area contributed by atoms with E-state index in [2.05, 4.69) is 22.1 Å². The number of nitrogens with zero attached hydrogens (tertiary/aromatic N) is 3. The summed E-state index contributed by atoms with van der Waals surface area (Å²) in [7, 11) is 0. The van der Waals surface area contributed by atoms with Crippen LogP contribution in [0.1, 0.15) is 54.1 Å². The number of ether oxygens (including phenoxy) is 2. The molecule has 2 aliphatic rings. The molecule has 2 amide bonds. The number of pyridine rings is 1. The lowest BCUT2D eigenvalue weighted by Gasteiger charge is -2.31. The summed E-state index contributed by atoms with van der Waals surface area (Å²) in [5, 5.41) is 11.7. The van der Waals surface area contributed by atoms with Crippen molar-refractivity contribution in [3.8, 4) is 11.6 Å². The van der Waals surface area contributed by atoms with Gasteiger partial charge in [0.1, 0.15) is 11.9 Å². The number of hydrogen-bond acceptors (Lipinski definition) is 7. The molecule has 5 rings (SSSR count). The molecule has 2 aliphatic heterocycles. The summed E-state index contributed by atoms with van der Waals surface area (Å²) >= 11 is 0. The Labute approximate surface area is 251 Å². The van der Waals surface area contributed by atoms with Gasteiger partial charge in [-0.2, -0.15) is 0 Å². The minimum Gasteiger partial charge on any atom is -0.490 e. The van der Waals surface area contributed by atoms with E-state index in [1.807, 2.05) is 24.3 Å². The van der Waals surface area contributed by atoms with Crippen LogP contribution in [0.3, 0.4) is 0 Å². The largest absolute Gasteiger partial charge is 0.490 e. The van der Waals surface area contributed by atoms with Crippen LogP contribution in [0.5, 0.6) is 11.6 Å². The SMILES string of the molecule is CC1CCN(Cc2ccc(C(=O)Nc3ccc(OC(=O)N4CCC(Oc5ccc(CC(=O)O)cc5)CC4)nc3)cc2)CC1. The number of rotatable bonds is 9. The van der Waals surface area contributed by atoms with Gasteiger partial charge in [0.2, 0.25) is 5.88 Å². The molecule has 0 radical (unpaired) electrons. The summed E-state index contributed by atoms with van der Waals surface area (Å²) in [6.45, 7) is 6.39. The maximum atomic E-state index is 12.7. The molecule has 0 unspecified atom stereocenters. The first-order chi connectivity index (χ1) is 20.8. The smallest absolute Gasteiger partial charge is 0.416 e. The Morgan fingerprint density at radius 3 is 2.19 bits per heavy atom. The molecule has 0 spiro atoms. The molecule has 10 heteroatoms. The summed E-state index contributed by atoms with van der Waals surface area (Å²) < 4.78 is 11.5.